The first kappa shape index (κ1) is 15.7. The monoisotopic (exact) mass is 291 g/mol. The van der Waals surface area contributed by atoms with E-state index in [0.29, 0.717) is 5.92 Å². The molecule has 0 radical (unpaired) electrons. The Morgan fingerprint density at radius 2 is 2.19 bits per heavy atom. The van der Waals surface area contributed by atoms with Crippen LogP contribution in [0.1, 0.15) is 30.9 Å². The van der Waals surface area contributed by atoms with Crippen molar-refractivity contribution in [2.75, 3.05) is 13.6 Å². The molecular formula is C15H25N5O. The van der Waals surface area contributed by atoms with Gasteiger partial charge in [-0.3, -0.25) is 9.58 Å². The Labute approximate surface area is 126 Å². The van der Waals surface area contributed by atoms with Crippen LogP contribution in [0, 0.1) is 5.92 Å². The normalized spacial score (nSPS) is 11.7. The van der Waals surface area contributed by atoms with E-state index < -0.39 is 0 Å². The second kappa shape index (κ2) is 7.38. The summed E-state index contributed by atoms with van der Waals surface area (Å²) in [5, 5.41) is 11.6. The summed E-state index contributed by atoms with van der Waals surface area (Å²) in [7, 11) is 3.99. The fourth-order valence-electron chi connectivity index (χ4n) is 2.19. The largest absolute Gasteiger partial charge is 0.360 e. The third-order valence-corrected chi connectivity index (χ3v) is 3.10. The van der Waals surface area contributed by atoms with Gasteiger partial charge < -0.3 is 9.84 Å². The highest BCUT2D eigenvalue weighted by Gasteiger charge is 2.08. The first-order valence-electron chi connectivity index (χ1n) is 7.34. The van der Waals surface area contributed by atoms with Crippen molar-refractivity contribution in [2.24, 2.45) is 13.0 Å². The third-order valence-electron chi connectivity index (χ3n) is 3.10. The number of rotatable bonds is 8. The highest BCUT2D eigenvalue weighted by molar-refractivity contribution is 5.07. The molecule has 2 rings (SSSR count). The van der Waals surface area contributed by atoms with Crippen LogP contribution in [0.25, 0.3) is 0 Å². The van der Waals surface area contributed by atoms with E-state index in [-0.39, 0.29) is 0 Å². The number of hydrogen-bond donors (Lipinski definition) is 1. The smallest absolute Gasteiger partial charge is 0.151 e. The minimum Gasteiger partial charge on any atom is -0.360 e. The van der Waals surface area contributed by atoms with Crippen molar-refractivity contribution in [3.05, 3.63) is 35.5 Å². The van der Waals surface area contributed by atoms with Gasteiger partial charge in [0.05, 0.1) is 18.4 Å². The van der Waals surface area contributed by atoms with E-state index in [0.717, 1.165) is 37.6 Å². The van der Waals surface area contributed by atoms with Crippen molar-refractivity contribution < 1.29 is 4.52 Å². The lowest BCUT2D eigenvalue weighted by molar-refractivity contribution is 0.265. The number of aromatic nitrogens is 3. The summed E-state index contributed by atoms with van der Waals surface area (Å²) in [5.74, 6) is 1.53. The first-order chi connectivity index (χ1) is 10.0. The van der Waals surface area contributed by atoms with E-state index in [1.54, 1.807) is 0 Å². The van der Waals surface area contributed by atoms with Crippen molar-refractivity contribution >= 4 is 0 Å². The Balaban J connectivity index is 1.78. The maximum atomic E-state index is 5.38. The molecular weight excluding hydrogens is 266 g/mol. The lowest BCUT2D eigenvalue weighted by atomic mass is 10.2. The Hall–Kier alpha value is -1.66. The molecule has 0 saturated carbocycles. The molecule has 2 aromatic heterocycles. The molecule has 0 aliphatic rings. The van der Waals surface area contributed by atoms with E-state index in [9.17, 15) is 0 Å². The van der Waals surface area contributed by atoms with Gasteiger partial charge in [-0.1, -0.05) is 19.0 Å². The molecule has 6 nitrogen and oxygen atoms in total. The summed E-state index contributed by atoms with van der Waals surface area (Å²) in [6, 6.07) is 2.02. The number of aryl methyl sites for hydroxylation is 1. The van der Waals surface area contributed by atoms with Gasteiger partial charge in [0.2, 0.25) is 0 Å². The zero-order valence-electron chi connectivity index (χ0n) is 13.3. The lowest BCUT2D eigenvalue weighted by Crippen LogP contribution is -2.19. The molecule has 116 valence electrons. The van der Waals surface area contributed by atoms with Crippen molar-refractivity contribution in [1.82, 2.24) is 25.2 Å². The average molecular weight is 291 g/mol. The Bertz CT molecular complexity index is 546. The second-order valence-electron chi connectivity index (χ2n) is 6.00. The lowest BCUT2D eigenvalue weighted by Gasteiger charge is -2.12. The minimum absolute atomic E-state index is 0.641. The zero-order chi connectivity index (χ0) is 15.2. The highest BCUT2D eigenvalue weighted by atomic mass is 16.5. The Morgan fingerprint density at radius 3 is 2.86 bits per heavy atom. The van der Waals surface area contributed by atoms with Crippen LogP contribution in [0.2, 0.25) is 0 Å². The third kappa shape index (κ3) is 5.32. The maximum Gasteiger partial charge on any atom is 0.151 e. The van der Waals surface area contributed by atoms with Crippen LogP contribution in [-0.2, 0) is 26.7 Å². The van der Waals surface area contributed by atoms with Gasteiger partial charge in [-0.2, -0.15) is 5.10 Å². The standard InChI is InChI=1S/C15H25N5O/c1-12(2)6-16-8-14-5-15(21-18-14)11-19(3)9-13-7-17-20(4)10-13/h5,7,10,12,16H,6,8-9,11H2,1-4H3. The molecule has 0 bridgehead atoms. The van der Waals surface area contributed by atoms with Crippen molar-refractivity contribution in [3.8, 4) is 0 Å². The van der Waals surface area contributed by atoms with E-state index in [4.69, 9.17) is 4.52 Å². The van der Waals surface area contributed by atoms with E-state index in [1.807, 2.05) is 30.2 Å². The highest BCUT2D eigenvalue weighted by Crippen LogP contribution is 2.09. The van der Waals surface area contributed by atoms with Crippen LogP contribution in [0.15, 0.2) is 23.0 Å². The molecule has 0 aromatic carbocycles. The summed E-state index contributed by atoms with van der Waals surface area (Å²) >= 11 is 0. The summed E-state index contributed by atoms with van der Waals surface area (Å²) in [6.45, 7) is 7.71. The molecule has 0 saturated heterocycles. The minimum atomic E-state index is 0.641. The zero-order valence-corrected chi connectivity index (χ0v) is 13.3. The molecule has 21 heavy (non-hydrogen) atoms. The number of hydrogen-bond acceptors (Lipinski definition) is 5. The van der Waals surface area contributed by atoms with Crippen LogP contribution in [0.4, 0.5) is 0 Å². The molecule has 0 spiro atoms. The molecule has 0 unspecified atom stereocenters. The molecule has 2 heterocycles. The van der Waals surface area contributed by atoms with Crippen LogP contribution in [-0.4, -0.2) is 33.4 Å². The van der Waals surface area contributed by atoms with Crippen LogP contribution < -0.4 is 5.32 Å². The van der Waals surface area contributed by atoms with Crippen LogP contribution >= 0.6 is 0 Å². The molecule has 0 aliphatic carbocycles. The fourth-order valence-corrected chi connectivity index (χ4v) is 2.19. The van der Waals surface area contributed by atoms with Crippen molar-refractivity contribution in [3.63, 3.8) is 0 Å². The van der Waals surface area contributed by atoms with Crippen LogP contribution in [0.5, 0.6) is 0 Å². The Kier molecular flexibility index (Phi) is 5.52. The summed E-state index contributed by atoms with van der Waals surface area (Å²) < 4.78 is 7.20. The van der Waals surface area contributed by atoms with Gasteiger partial charge in [-0.25, -0.2) is 0 Å². The quantitative estimate of drug-likeness (QED) is 0.803. The van der Waals surface area contributed by atoms with Gasteiger partial charge in [0.15, 0.2) is 5.76 Å². The van der Waals surface area contributed by atoms with Gasteiger partial charge in [0.25, 0.3) is 0 Å². The molecule has 0 atom stereocenters. The van der Waals surface area contributed by atoms with Gasteiger partial charge in [0.1, 0.15) is 0 Å². The average Bonchev–Trinajstić information content (AvgIpc) is 2.98. The molecule has 1 N–H and O–H groups in total. The first-order valence-corrected chi connectivity index (χ1v) is 7.34. The van der Waals surface area contributed by atoms with Crippen LogP contribution in [0.3, 0.4) is 0 Å². The second-order valence-corrected chi connectivity index (χ2v) is 6.00. The summed E-state index contributed by atoms with van der Waals surface area (Å²) in [6.07, 6.45) is 3.91. The number of nitrogens with one attached hydrogen (secondary N) is 1. The fraction of sp³-hybridized carbons (Fsp3) is 0.600. The van der Waals surface area contributed by atoms with Crippen molar-refractivity contribution in [1.29, 1.82) is 0 Å². The molecule has 0 fully saturated rings. The summed E-state index contributed by atoms with van der Waals surface area (Å²) in [5.41, 5.74) is 2.15. The molecule has 0 amide bonds. The maximum absolute atomic E-state index is 5.38. The van der Waals surface area contributed by atoms with Crippen molar-refractivity contribution in [2.45, 2.75) is 33.5 Å². The van der Waals surface area contributed by atoms with Gasteiger partial charge in [0, 0.05) is 38.0 Å². The van der Waals surface area contributed by atoms with E-state index in [2.05, 4.69) is 41.4 Å². The molecule has 6 heteroatoms. The topological polar surface area (TPSA) is 59.1 Å². The van der Waals surface area contributed by atoms with Gasteiger partial charge >= 0.3 is 0 Å². The molecule has 2 aromatic rings. The predicted molar refractivity (Wildman–Crippen MR) is 81.4 cm³/mol. The van der Waals surface area contributed by atoms with E-state index in [1.165, 1.54) is 5.56 Å². The molecule has 0 aliphatic heterocycles. The van der Waals surface area contributed by atoms with Gasteiger partial charge in [-0.15, -0.1) is 0 Å². The summed E-state index contributed by atoms with van der Waals surface area (Å²) in [4.78, 5) is 2.18. The number of nitrogens with zero attached hydrogens (tertiary/aromatic N) is 4. The Morgan fingerprint density at radius 1 is 1.38 bits per heavy atom. The predicted octanol–water partition coefficient (Wildman–Crippen LogP) is 1.79. The van der Waals surface area contributed by atoms with E-state index >= 15 is 0 Å². The van der Waals surface area contributed by atoms with Gasteiger partial charge in [-0.05, 0) is 19.5 Å². The SMILES string of the molecule is CC(C)CNCc1cc(CN(C)Cc2cnn(C)c2)on1.